The van der Waals surface area contributed by atoms with Crippen LogP contribution in [-0.4, -0.2) is 21.4 Å². The largest absolute Gasteiger partial charge is 0.295 e. The molecule has 6 nitrogen and oxygen atoms in total. The van der Waals surface area contributed by atoms with E-state index in [0.29, 0.717) is 15.9 Å². The van der Waals surface area contributed by atoms with E-state index in [0.717, 1.165) is 0 Å². The molecule has 2 rings (SSSR count). The van der Waals surface area contributed by atoms with Crippen LogP contribution in [0.4, 0.5) is 0 Å². The van der Waals surface area contributed by atoms with Gasteiger partial charge in [-0.25, -0.2) is 4.98 Å². The lowest BCUT2D eigenvalue weighted by Gasteiger charge is -2.23. The summed E-state index contributed by atoms with van der Waals surface area (Å²) in [7, 11) is 0. The van der Waals surface area contributed by atoms with E-state index in [9.17, 15) is 14.4 Å². The maximum atomic E-state index is 11.8. The van der Waals surface area contributed by atoms with Crippen molar-refractivity contribution in [2.45, 2.75) is 25.8 Å². The van der Waals surface area contributed by atoms with E-state index >= 15 is 0 Å². The highest BCUT2D eigenvalue weighted by molar-refractivity contribution is 14.1. The zero-order valence-corrected chi connectivity index (χ0v) is 11.2. The number of carbonyl (C=O) groups is 2. The second-order valence-corrected chi connectivity index (χ2v) is 4.91. The van der Waals surface area contributed by atoms with E-state index in [1.807, 2.05) is 22.6 Å². The third-order valence-corrected chi connectivity index (χ3v) is 3.17. The van der Waals surface area contributed by atoms with Gasteiger partial charge in [0, 0.05) is 12.5 Å². The highest BCUT2D eigenvalue weighted by Gasteiger charge is 2.29. The molecule has 1 fully saturated rings. The zero-order chi connectivity index (χ0) is 12.6. The molecular weight excluding hydrogens is 337 g/mol. The van der Waals surface area contributed by atoms with E-state index in [1.165, 1.54) is 10.6 Å². The Hall–Kier alpha value is -1.25. The fraction of sp³-hybridized carbons (Fsp3) is 0.400. The minimum absolute atomic E-state index is 0.244. The number of hydrogen-bond acceptors (Lipinski definition) is 4. The Morgan fingerprint density at radius 3 is 2.76 bits per heavy atom. The van der Waals surface area contributed by atoms with Crippen molar-refractivity contribution in [2.75, 3.05) is 0 Å². The van der Waals surface area contributed by atoms with Crippen LogP contribution in [0.25, 0.3) is 0 Å². The van der Waals surface area contributed by atoms with Crippen molar-refractivity contribution in [3.05, 3.63) is 25.9 Å². The van der Waals surface area contributed by atoms with Gasteiger partial charge in [0.2, 0.25) is 11.8 Å². The maximum Gasteiger partial charge on any atom is 0.255 e. The molecular formula is C10H10IN3O3. The van der Waals surface area contributed by atoms with Crippen molar-refractivity contribution in [1.82, 2.24) is 14.9 Å². The fourth-order valence-electron chi connectivity index (χ4n) is 1.88. The number of amides is 2. The van der Waals surface area contributed by atoms with E-state index in [-0.39, 0.29) is 17.9 Å². The Morgan fingerprint density at radius 1 is 1.47 bits per heavy atom. The average molecular weight is 347 g/mol. The molecule has 0 saturated carbocycles. The number of hydrogen-bond donors (Lipinski definition) is 1. The number of rotatable bonds is 1. The summed E-state index contributed by atoms with van der Waals surface area (Å²) in [6, 6.07) is 0.738. The van der Waals surface area contributed by atoms with Crippen LogP contribution in [0.5, 0.6) is 0 Å². The van der Waals surface area contributed by atoms with E-state index in [2.05, 4.69) is 10.3 Å². The molecule has 1 aromatic heterocycles. The molecule has 1 N–H and O–H groups in total. The molecule has 0 bridgehead atoms. The van der Waals surface area contributed by atoms with Crippen LogP contribution in [0.15, 0.2) is 10.9 Å². The first-order chi connectivity index (χ1) is 7.99. The van der Waals surface area contributed by atoms with Gasteiger partial charge in [-0.3, -0.25) is 24.3 Å². The molecule has 0 radical (unpaired) electrons. The molecule has 2 amide bonds. The molecule has 1 aliphatic rings. The smallest absolute Gasteiger partial charge is 0.255 e. The quantitative estimate of drug-likeness (QED) is 0.445. The Balaban J connectivity index is 2.44. The number of nitrogens with one attached hydrogen (secondary N) is 1. The molecule has 1 aliphatic heterocycles. The second-order valence-electron chi connectivity index (χ2n) is 3.80. The Kier molecular flexibility index (Phi) is 3.27. The van der Waals surface area contributed by atoms with Crippen LogP contribution in [-0.2, 0) is 9.59 Å². The predicted octanol–water partition coefficient (Wildman–Crippen LogP) is 0.134. The van der Waals surface area contributed by atoms with Crippen molar-refractivity contribution in [3.63, 3.8) is 0 Å². The Labute approximate surface area is 111 Å². The van der Waals surface area contributed by atoms with Gasteiger partial charge in [-0.2, -0.15) is 0 Å². The fourth-order valence-corrected chi connectivity index (χ4v) is 2.49. The number of aromatic nitrogens is 2. The van der Waals surface area contributed by atoms with Crippen molar-refractivity contribution >= 4 is 34.4 Å². The topological polar surface area (TPSA) is 81.1 Å². The van der Waals surface area contributed by atoms with E-state index in [1.54, 1.807) is 6.92 Å². The van der Waals surface area contributed by atoms with Crippen LogP contribution < -0.4 is 10.9 Å². The first-order valence-corrected chi connectivity index (χ1v) is 6.16. The van der Waals surface area contributed by atoms with Crippen LogP contribution in [0.1, 0.15) is 24.7 Å². The molecule has 0 aliphatic carbocycles. The number of aryl methyl sites for hydroxylation is 1. The summed E-state index contributed by atoms with van der Waals surface area (Å²) in [5.74, 6) is -0.249. The van der Waals surface area contributed by atoms with Crippen molar-refractivity contribution in [1.29, 1.82) is 0 Å². The van der Waals surface area contributed by atoms with Crippen LogP contribution in [0, 0.1) is 10.6 Å². The molecule has 17 heavy (non-hydrogen) atoms. The standard InChI is InChI=1S/C10H10IN3O3/c1-5-12-7(11)4-9(16)14(5)6-2-3-8(15)13-10(6)17/h4,6H,2-3H2,1H3,(H,13,15,17). The molecule has 1 saturated heterocycles. The monoisotopic (exact) mass is 347 g/mol. The normalized spacial score (nSPS) is 20.2. The molecule has 1 unspecified atom stereocenters. The van der Waals surface area contributed by atoms with Gasteiger partial charge in [0.25, 0.3) is 5.56 Å². The highest BCUT2D eigenvalue weighted by atomic mass is 127. The summed E-state index contributed by atoms with van der Waals surface area (Å²) in [5, 5.41) is 2.23. The van der Waals surface area contributed by atoms with Gasteiger partial charge in [0.1, 0.15) is 15.6 Å². The van der Waals surface area contributed by atoms with Gasteiger partial charge in [0.15, 0.2) is 0 Å². The zero-order valence-electron chi connectivity index (χ0n) is 9.07. The summed E-state index contributed by atoms with van der Waals surface area (Å²) in [5.41, 5.74) is -0.267. The summed E-state index contributed by atoms with van der Waals surface area (Å²) in [6.07, 6.45) is 0.585. The molecule has 0 spiro atoms. The van der Waals surface area contributed by atoms with Crippen molar-refractivity contribution in [2.24, 2.45) is 0 Å². The lowest BCUT2D eigenvalue weighted by atomic mass is 10.1. The minimum atomic E-state index is -0.635. The van der Waals surface area contributed by atoms with Gasteiger partial charge in [-0.1, -0.05) is 0 Å². The predicted molar refractivity (Wildman–Crippen MR) is 67.4 cm³/mol. The summed E-state index contributed by atoms with van der Waals surface area (Å²) in [4.78, 5) is 38.7. The van der Waals surface area contributed by atoms with Gasteiger partial charge in [-0.05, 0) is 35.9 Å². The first kappa shape index (κ1) is 12.2. The van der Waals surface area contributed by atoms with Crippen LogP contribution >= 0.6 is 22.6 Å². The SMILES string of the molecule is Cc1nc(I)cc(=O)n1C1CCC(=O)NC1=O. The minimum Gasteiger partial charge on any atom is -0.295 e. The first-order valence-electron chi connectivity index (χ1n) is 5.08. The van der Waals surface area contributed by atoms with Gasteiger partial charge >= 0.3 is 0 Å². The number of imide groups is 1. The molecule has 2 heterocycles. The van der Waals surface area contributed by atoms with Gasteiger partial charge < -0.3 is 0 Å². The molecule has 0 aromatic carbocycles. The lowest BCUT2D eigenvalue weighted by molar-refractivity contribution is -0.135. The third kappa shape index (κ3) is 2.38. The molecule has 7 heteroatoms. The Morgan fingerprint density at radius 2 is 2.18 bits per heavy atom. The second kappa shape index (κ2) is 4.55. The summed E-state index contributed by atoms with van der Waals surface area (Å²) < 4.78 is 1.93. The van der Waals surface area contributed by atoms with Gasteiger partial charge in [0.05, 0.1) is 0 Å². The van der Waals surface area contributed by atoms with Crippen LogP contribution in [0.2, 0.25) is 0 Å². The van der Waals surface area contributed by atoms with Crippen molar-refractivity contribution < 1.29 is 9.59 Å². The van der Waals surface area contributed by atoms with Crippen LogP contribution in [0.3, 0.4) is 0 Å². The maximum absolute atomic E-state index is 11.8. The molecule has 1 atom stereocenters. The summed E-state index contributed by atoms with van der Waals surface area (Å²) >= 11 is 1.95. The number of carbonyl (C=O) groups excluding carboxylic acids is 2. The van der Waals surface area contributed by atoms with Gasteiger partial charge in [-0.15, -0.1) is 0 Å². The average Bonchev–Trinajstić information content (AvgIpc) is 2.19. The number of piperidine rings is 1. The lowest BCUT2D eigenvalue weighted by Crippen LogP contribution is -2.45. The van der Waals surface area contributed by atoms with E-state index < -0.39 is 11.9 Å². The molecule has 1 aromatic rings. The molecule has 90 valence electrons. The van der Waals surface area contributed by atoms with E-state index in [4.69, 9.17) is 0 Å². The number of nitrogens with zero attached hydrogens (tertiary/aromatic N) is 2. The number of halogens is 1. The van der Waals surface area contributed by atoms with Crippen molar-refractivity contribution in [3.8, 4) is 0 Å². The third-order valence-electron chi connectivity index (χ3n) is 2.62. The summed E-state index contributed by atoms with van der Waals surface area (Å²) in [6.45, 7) is 1.67. The highest BCUT2D eigenvalue weighted by Crippen LogP contribution is 2.17. The Bertz CT molecular complexity index is 552.